The van der Waals surface area contributed by atoms with E-state index in [1.165, 1.54) is 17.7 Å². The van der Waals surface area contributed by atoms with E-state index < -0.39 is 27.7 Å². The van der Waals surface area contributed by atoms with E-state index in [9.17, 15) is 21.6 Å². The molecule has 158 valence electrons. The van der Waals surface area contributed by atoms with Gasteiger partial charge in [-0.1, -0.05) is 30.3 Å². The van der Waals surface area contributed by atoms with E-state index in [1.807, 2.05) is 12.3 Å². The standard InChI is InChI=1S/C21H25F3N2O2S/c1-29(27,28)15-20(21(22,23)24)17-8-6-16(7-9-17)13-26-11-3-5-19(14-26)18-4-2-10-25-12-18/h2,4,6-10,12,19-20H,3,5,11,13-15H2,1H3/t19?,20-/m0/s1. The molecule has 0 bridgehead atoms. The number of sulfone groups is 1. The summed E-state index contributed by atoms with van der Waals surface area (Å²) in [5, 5.41) is 0. The minimum Gasteiger partial charge on any atom is -0.298 e. The van der Waals surface area contributed by atoms with Crippen molar-refractivity contribution in [3.8, 4) is 0 Å². The van der Waals surface area contributed by atoms with Gasteiger partial charge in [0.15, 0.2) is 0 Å². The first kappa shape index (κ1) is 21.8. The van der Waals surface area contributed by atoms with Gasteiger partial charge in [0.2, 0.25) is 0 Å². The molecule has 0 N–H and O–H groups in total. The van der Waals surface area contributed by atoms with E-state index in [0.717, 1.165) is 37.8 Å². The lowest BCUT2D eigenvalue weighted by Crippen LogP contribution is -2.34. The topological polar surface area (TPSA) is 50.3 Å². The quantitative estimate of drug-likeness (QED) is 0.696. The van der Waals surface area contributed by atoms with Crippen molar-refractivity contribution in [1.29, 1.82) is 0 Å². The minimum atomic E-state index is -4.60. The van der Waals surface area contributed by atoms with Gasteiger partial charge in [-0.2, -0.15) is 13.2 Å². The van der Waals surface area contributed by atoms with Crippen LogP contribution in [0.25, 0.3) is 0 Å². The highest BCUT2D eigenvalue weighted by atomic mass is 32.2. The zero-order valence-electron chi connectivity index (χ0n) is 16.3. The van der Waals surface area contributed by atoms with E-state index in [4.69, 9.17) is 0 Å². The van der Waals surface area contributed by atoms with E-state index in [0.29, 0.717) is 12.5 Å². The summed E-state index contributed by atoms with van der Waals surface area (Å²) in [6, 6.07) is 10.2. The smallest absolute Gasteiger partial charge is 0.298 e. The van der Waals surface area contributed by atoms with E-state index in [2.05, 4.69) is 16.0 Å². The lowest BCUT2D eigenvalue weighted by molar-refractivity contribution is -0.145. The van der Waals surface area contributed by atoms with Crippen molar-refractivity contribution in [3.63, 3.8) is 0 Å². The molecule has 0 radical (unpaired) electrons. The van der Waals surface area contributed by atoms with Crippen molar-refractivity contribution in [3.05, 3.63) is 65.5 Å². The van der Waals surface area contributed by atoms with E-state index >= 15 is 0 Å². The Labute approximate surface area is 169 Å². The maximum Gasteiger partial charge on any atom is 0.396 e. The van der Waals surface area contributed by atoms with Gasteiger partial charge in [0.05, 0.1) is 11.7 Å². The summed E-state index contributed by atoms with van der Waals surface area (Å²) in [6.07, 6.45) is 2.03. The first-order valence-corrected chi connectivity index (χ1v) is 11.6. The van der Waals surface area contributed by atoms with Gasteiger partial charge in [-0.05, 0) is 48.1 Å². The van der Waals surface area contributed by atoms with Crippen molar-refractivity contribution in [2.45, 2.75) is 37.4 Å². The molecule has 0 aliphatic carbocycles. The van der Waals surface area contributed by atoms with Crippen LogP contribution in [0.2, 0.25) is 0 Å². The molecule has 0 spiro atoms. The highest BCUT2D eigenvalue weighted by molar-refractivity contribution is 7.90. The van der Waals surface area contributed by atoms with Gasteiger partial charge in [-0.25, -0.2) is 8.42 Å². The average Bonchev–Trinajstić information content (AvgIpc) is 2.66. The van der Waals surface area contributed by atoms with Crippen LogP contribution in [0.3, 0.4) is 0 Å². The number of benzene rings is 1. The van der Waals surface area contributed by atoms with Crippen molar-refractivity contribution >= 4 is 9.84 Å². The van der Waals surface area contributed by atoms with Gasteiger partial charge in [0.1, 0.15) is 9.84 Å². The number of likely N-dealkylation sites (tertiary alicyclic amines) is 1. The van der Waals surface area contributed by atoms with Crippen LogP contribution < -0.4 is 0 Å². The SMILES string of the molecule is CS(=O)(=O)C[C@@H](c1ccc(CN2CCCC(c3cccnc3)C2)cc1)C(F)(F)F. The second-order valence-electron chi connectivity index (χ2n) is 7.79. The van der Waals surface area contributed by atoms with Crippen LogP contribution >= 0.6 is 0 Å². The fourth-order valence-corrected chi connectivity index (χ4v) is 4.87. The molecule has 2 aromatic rings. The third-order valence-corrected chi connectivity index (χ3v) is 6.25. The molecule has 1 saturated heterocycles. The van der Waals surface area contributed by atoms with Crippen molar-refractivity contribution in [2.24, 2.45) is 0 Å². The molecule has 0 saturated carbocycles. The number of pyridine rings is 1. The summed E-state index contributed by atoms with van der Waals surface area (Å²) in [7, 11) is -3.75. The van der Waals surface area contributed by atoms with Crippen LogP contribution in [-0.4, -0.2) is 49.6 Å². The normalized spacial score (nSPS) is 19.8. The molecular weight excluding hydrogens is 401 g/mol. The average molecular weight is 427 g/mol. The molecule has 1 aliphatic rings. The van der Waals surface area contributed by atoms with Gasteiger partial charge in [0.25, 0.3) is 0 Å². The molecule has 2 atom stereocenters. The minimum absolute atomic E-state index is 0.0152. The number of hydrogen-bond acceptors (Lipinski definition) is 4. The molecule has 3 rings (SSSR count). The van der Waals surface area contributed by atoms with Gasteiger partial charge < -0.3 is 0 Å². The highest BCUT2D eigenvalue weighted by Crippen LogP contribution is 2.36. The molecule has 8 heteroatoms. The first-order chi connectivity index (χ1) is 13.6. The third-order valence-electron chi connectivity index (χ3n) is 5.31. The Kier molecular flexibility index (Phi) is 6.63. The molecule has 0 amide bonds. The van der Waals surface area contributed by atoms with Gasteiger partial charge in [-0.15, -0.1) is 0 Å². The Hall–Kier alpha value is -1.93. The van der Waals surface area contributed by atoms with Crippen molar-refractivity contribution in [1.82, 2.24) is 9.88 Å². The maximum atomic E-state index is 13.3. The van der Waals surface area contributed by atoms with Crippen LogP contribution in [0, 0.1) is 0 Å². The molecule has 4 nitrogen and oxygen atoms in total. The largest absolute Gasteiger partial charge is 0.396 e. The molecular formula is C21H25F3N2O2S. The molecule has 29 heavy (non-hydrogen) atoms. The Balaban J connectivity index is 1.68. The summed E-state index contributed by atoms with van der Waals surface area (Å²) in [5.41, 5.74) is 2.11. The van der Waals surface area contributed by atoms with Gasteiger partial charge in [-0.3, -0.25) is 9.88 Å². The number of rotatable bonds is 6. The zero-order valence-corrected chi connectivity index (χ0v) is 17.1. The predicted octanol–water partition coefficient (Wildman–Crippen LogP) is 4.15. The summed E-state index contributed by atoms with van der Waals surface area (Å²) in [5.74, 6) is -2.54. The number of hydrogen-bond donors (Lipinski definition) is 0. The second kappa shape index (κ2) is 8.83. The van der Waals surface area contributed by atoms with Crippen LogP contribution in [0.15, 0.2) is 48.8 Å². The fourth-order valence-electron chi connectivity index (χ4n) is 3.88. The number of piperidine rings is 1. The Bertz CT molecular complexity index is 900. The molecule has 1 unspecified atom stereocenters. The van der Waals surface area contributed by atoms with E-state index in [-0.39, 0.29) is 5.56 Å². The summed E-state index contributed by atoms with van der Waals surface area (Å²) in [6.45, 7) is 2.48. The lowest BCUT2D eigenvalue weighted by Gasteiger charge is -2.33. The fraction of sp³-hybridized carbons (Fsp3) is 0.476. The monoisotopic (exact) mass is 426 g/mol. The first-order valence-electron chi connectivity index (χ1n) is 9.57. The lowest BCUT2D eigenvalue weighted by atomic mass is 9.91. The third kappa shape index (κ3) is 6.27. The Morgan fingerprint density at radius 2 is 1.93 bits per heavy atom. The number of nitrogens with zero attached hydrogens (tertiary/aromatic N) is 2. The van der Waals surface area contributed by atoms with E-state index in [1.54, 1.807) is 18.3 Å². The Morgan fingerprint density at radius 3 is 2.52 bits per heavy atom. The molecule has 1 fully saturated rings. The number of halogens is 3. The van der Waals surface area contributed by atoms with Crippen molar-refractivity contribution in [2.75, 3.05) is 25.1 Å². The Morgan fingerprint density at radius 1 is 1.21 bits per heavy atom. The zero-order chi connectivity index (χ0) is 21.1. The molecule has 1 aromatic carbocycles. The summed E-state index contributed by atoms with van der Waals surface area (Å²) >= 11 is 0. The van der Waals surface area contributed by atoms with Gasteiger partial charge >= 0.3 is 6.18 Å². The maximum absolute atomic E-state index is 13.3. The summed E-state index contributed by atoms with van der Waals surface area (Å²) in [4.78, 5) is 6.49. The summed E-state index contributed by atoms with van der Waals surface area (Å²) < 4.78 is 62.9. The van der Waals surface area contributed by atoms with Crippen LogP contribution in [0.4, 0.5) is 13.2 Å². The number of aromatic nitrogens is 1. The van der Waals surface area contributed by atoms with Crippen molar-refractivity contribution < 1.29 is 21.6 Å². The molecule has 1 aliphatic heterocycles. The van der Waals surface area contributed by atoms with Gasteiger partial charge in [0, 0.05) is 31.7 Å². The number of alkyl halides is 3. The highest BCUT2D eigenvalue weighted by Gasteiger charge is 2.42. The van der Waals surface area contributed by atoms with Crippen LogP contribution in [0.5, 0.6) is 0 Å². The van der Waals surface area contributed by atoms with Crippen LogP contribution in [-0.2, 0) is 16.4 Å². The predicted molar refractivity (Wildman–Crippen MR) is 106 cm³/mol. The van der Waals surface area contributed by atoms with Crippen LogP contribution in [0.1, 0.15) is 41.4 Å². The second-order valence-corrected chi connectivity index (χ2v) is 9.97. The molecule has 1 aromatic heterocycles. The molecule has 2 heterocycles.